The number of carbonyl (C=O) groups is 2. The molecular formula is C35H39N3O5S. The molecule has 4 aromatic carbocycles. The molecule has 2 amide bonds. The lowest BCUT2D eigenvalue weighted by Crippen LogP contribution is -2.53. The lowest BCUT2D eigenvalue weighted by molar-refractivity contribution is -0.140. The van der Waals surface area contributed by atoms with Crippen LogP contribution < -0.4 is 14.4 Å². The van der Waals surface area contributed by atoms with Crippen molar-refractivity contribution in [1.29, 1.82) is 0 Å². The predicted octanol–water partition coefficient (Wildman–Crippen LogP) is 5.23. The van der Waals surface area contributed by atoms with Gasteiger partial charge in [-0.25, -0.2) is 8.42 Å². The zero-order valence-electron chi connectivity index (χ0n) is 25.3. The smallest absolute Gasteiger partial charge is 0.264 e. The van der Waals surface area contributed by atoms with Crippen LogP contribution in [-0.2, 0) is 39.0 Å². The maximum atomic E-state index is 14.5. The van der Waals surface area contributed by atoms with Crippen LogP contribution in [0.1, 0.15) is 30.5 Å². The third-order valence-corrected chi connectivity index (χ3v) is 9.13. The molecule has 230 valence electrons. The number of methoxy groups -OCH3 is 1. The molecule has 1 atom stereocenters. The van der Waals surface area contributed by atoms with Gasteiger partial charge in [-0.05, 0) is 60.4 Å². The molecule has 0 aliphatic carbocycles. The van der Waals surface area contributed by atoms with Crippen molar-refractivity contribution in [2.45, 2.75) is 44.2 Å². The van der Waals surface area contributed by atoms with E-state index in [1.807, 2.05) is 74.5 Å². The van der Waals surface area contributed by atoms with Crippen LogP contribution in [0.3, 0.4) is 0 Å². The van der Waals surface area contributed by atoms with Gasteiger partial charge in [0.2, 0.25) is 11.8 Å². The summed E-state index contributed by atoms with van der Waals surface area (Å²) in [5, 5.41) is 2.88. The van der Waals surface area contributed by atoms with Crippen LogP contribution in [0.5, 0.6) is 5.75 Å². The number of benzene rings is 4. The topological polar surface area (TPSA) is 96.0 Å². The highest BCUT2D eigenvalue weighted by Crippen LogP contribution is 2.28. The average molecular weight is 614 g/mol. The minimum absolute atomic E-state index is 0.0688. The molecular weight excluding hydrogens is 574 g/mol. The number of aryl methyl sites for hydroxylation is 1. The number of nitrogens with one attached hydrogen (secondary N) is 1. The molecule has 4 rings (SSSR count). The maximum Gasteiger partial charge on any atom is 0.264 e. The largest absolute Gasteiger partial charge is 0.497 e. The van der Waals surface area contributed by atoms with Gasteiger partial charge in [-0.2, -0.15) is 0 Å². The van der Waals surface area contributed by atoms with Crippen molar-refractivity contribution in [1.82, 2.24) is 10.2 Å². The number of nitrogens with zero attached hydrogens (tertiary/aromatic N) is 2. The molecule has 0 spiro atoms. The summed E-state index contributed by atoms with van der Waals surface area (Å²) in [4.78, 5) is 29.7. The number of amides is 2. The Kier molecular flexibility index (Phi) is 11.2. The van der Waals surface area contributed by atoms with Gasteiger partial charge in [0.15, 0.2) is 0 Å². The van der Waals surface area contributed by atoms with Crippen molar-refractivity contribution in [2.75, 3.05) is 24.5 Å². The minimum atomic E-state index is -4.15. The molecule has 0 heterocycles. The van der Waals surface area contributed by atoms with Gasteiger partial charge in [0, 0.05) is 19.5 Å². The molecule has 0 saturated carbocycles. The summed E-state index contributed by atoms with van der Waals surface area (Å²) in [6, 6.07) is 31.1. The molecule has 1 N–H and O–H groups in total. The maximum absolute atomic E-state index is 14.5. The minimum Gasteiger partial charge on any atom is -0.497 e. The Morgan fingerprint density at radius 3 is 2.11 bits per heavy atom. The van der Waals surface area contributed by atoms with Crippen molar-refractivity contribution >= 4 is 27.5 Å². The summed E-state index contributed by atoms with van der Waals surface area (Å²) in [6.45, 7) is 3.71. The van der Waals surface area contributed by atoms with Gasteiger partial charge in [-0.15, -0.1) is 0 Å². The van der Waals surface area contributed by atoms with Gasteiger partial charge in [-0.3, -0.25) is 13.9 Å². The van der Waals surface area contributed by atoms with Gasteiger partial charge in [0.1, 0.15) is 18.3 Å². The Hall–Kier alpha value is -4.63. The molecule has 44 heavy (non-hydrogen) atoms. The lowest BCUT2D eigenvalue weighted by Gasteiger charge is -2.34. The van der Waals surface area contributed by atoms with E-state index in [2.05, 4.69) is 5.32 Å². The van der Waals surface area contributed by atoms with Crippen LogP contribution in [0, 0.1) is 0 Å². The van der Waals surface area contributed by atoms with E-state index in [0.717, 1.165) is 16.7 Å². The summed E-state index contributed by atoms with van der Waals surface area (Å²) in [5.74, 6) is -0.220. The number of rotatable bonds is 14. The van der Waals surface area contributed by atoms with E-state index in [9.17, 15) is 18.0 Å². The standard InChI is InChI=1S/C35H39N3O5S/c1-4-29-18-12-13-22-32(29)38(44(41,42)31-20-10-7-11-21-31)26-34(39)37(25-28-17-14-19-30(23-28)43-3)33(35(40)36-5-2)24-27-15-8-6-9-16-27/h6-23,33H,4-5,24-26H2,1-3H3,(H,36,40)/t33-/m0/s1. The molecule has 0 unspecified atom stereocenters. The van der Waals surface area contributed by atoms with Gasteiger partial charge >= 0.3 is 0 Å². The van der Waals surface area contributed by atoms with E-state index in [4.69, 9.17) is 4.74 Å². The fourth-order valence-corrected chi connectivity index (χ4v) is 6.57. The average Bonchev–Trinajstić information content (AvgIpc) is 3.06. The second-order valence-electron chi connectivity index (χ2n) is 10.3. The molecule has 0 fully saturated rings. The summed E-state index contributed by atoms with van der Waals surface area (Å²) in [5.41, 5.74) is 2.82. The summed E-state index contributed by atoms with van der Waals surface area (Å²) < 4.78 is 34.9. The quantitative estimate of drug-likeness (QED) is 0.210. The Morgan fingerprint density at radius 2 is 1.45 bits per heavy atom. The molecule has 0 aliphatic rings. The number of carbonyl (C=O) groups excluding carboxylic acids is 2. The van der Waals surface area contributed by atoms with Gasteiger partial charge in [-0.1, -0.05) is 85.8 Å². The van der Waals surface area contributed by atoms with Crippen LogP contribution in [0.2, 0.25) is 0 Å². The van der Waals surface area contributed by atoms with Crippen molar-refractivity contribution in [2.24, 2.45) is 0 Å². The lowest BCUT2D eigenvalue weighted by atomic mass is 10.0. The van der Waals surface area contributed by atoms with Crippen LogP contribution >= 0.6 is 0 Å². The van der Waals surface area contributed by atoms with Gasteiger partial charge in [0.25, 0.3) is 10.0 Å². The van der Waals surface area contributed by atoms with Gasteiger partial charge in [0.05, 0.1) is 17.7 Å². The van der Waals surface area contributed by atoms with E-state index in [1.54, 1.807) is 43.5 Å². The zero-order valence-corrected chi connectivity index (χ0v) is 26.2. The van der Waals surface area contributed by atoms with Crippen LogP contribution in [0.25, 0.3) is 0 Å². The first-order valence-corrected chi connectivity index (χ1v) is 16.1. The number of para-hydroxylation sites is 1. The number of hydrogen-bond acceptors (Lipinski definition) is 5. The number of anilines is 1. The monoisotopic (exact) mass is 613 g/mol. The molecule has 0 aliphatic heterocycles. The Morgan fingerprint density at radius 1 is 0.818 bits per heavy atom. The summed E-state index contributed by atoms with van der Waals surface area (Å²) >= 11 is 0. The van der Waals surface area contributed by atoms with Crippen LogP contribution in [-0.4, -0.2) is 51.4 Å². The Labute approximate surface area is 260 Å². The first kappa shape index (κ1) is 32.3. The SMILES string of the molecule is CCNC(=O)[C@H](Cc1ccccc1)N(Cc1cccc(OC)c1)C(=O)CN(c1ccccc1CC)S(=O)(=O)c1ccccc1. The highest BCUT2D eigenvalue weighted by molar-refractivity contribution is 7.92. The van der Waals surface area contributed by atoms with E-state index in [-0.39, 0.29) is 23.8 Å². The van der Waals surface area contributed by atoms with Gasteiger partial charge < -0.3 is 15.0 Å². The molecule has 4 aromatic rings. The first-order valence-electron chi connectivity index (χ1n) is 14.7. The van der Waals surface area contributed by atoms with Crippen molar-refractivity contribution in [3.05, 3.63) is 126 Å². The third-order valence-electron chi connectivity index (χ3n) is 7.36. The van der Waals surface area contributed by atoms with Crippen LogP contribution in [0.15, 0.2) is 114 Å². The van der Waals surface area contributed by atoms with E-state index >= 15 is 0 Å². The second-order valence-corrected chi connectivity index (χ2v) is 12.1. The fraction of sp³-hybridized carbons (Fsp3) is 0.257. The zero-order chi connectivity index (χ0) is 31.5. The predicted molar refractivity (Wildman–Crippen MR) is 173 cm³/mol. The molecule has 0 bridgehead atoms. The van der Waals surface area contributed by atoms with E-state index in [1.165, 1.54) is 21.3 Å². The highest BCUT2D eigenvalue weighted by atomic mass is 32.2. The fourth-order valence-electron chi connectivity index (χ4n) is 5.10. The van der Waals surface area contributed by atoms with E-state index < -0.39 is 28.5 Å². The molecule has 9 heteroatoms. The third kappa shape index (κ3) is 7.85. The van der Waals surface area contributed by atoms with Crippen molar-refractivity contribution in [3.63, 3.8) is 0 Å². The summed E-state index contributed by atoms with van der Waals surface area (Å²) in [7, 11) is -2.59. The molecule has 0 saturated heterocycles. The number of hydrogen-bond donors (Lipinski definition) is 1. The Bertz CT molecular complexity index is 1650. The van der Waals surface area contributed by atoms with Crippen molar-refractivity contribution in [3.8, 4) is 5.75 Å². The summed E-state index contributed by atoms with van der Waals surface area (Å²) in [6.07, 6.45) is 0.813. The van der Waals surface area contributed by atoms with Crippen LogP contribution in [0.4, 0.5) is 5.69 Å². The highest BCUT2D eigenvalue weighted by Gasteiger charge is 2.35. The normalized spacial score (nSPS) is 11.8. The number of ether oxygens (including phenoxy) is 1. The van der Waals surface area contributed by atoms with E-state index in [0.29, 0.717) is 24.4 Å². The second kappa shape index (κ2) is 15.2. The number of likely N-dealkylation sites (N-methyl/N-ethyl adjacent to an activating group) is 1. The molecule has 0 radical (unpaired) electrons. The first-order chi connectivity index (χ1) is 21.3. The molecule has 0 aromatic heterocycles. The molecule has 8 nitrogen and oxygen atoms in total. The van der Waals surface area contributed by atoms with Crippen molar-refractivity contribution < 1.29 is 22.7 Å². The Balaban J connectivity index is 1.82. The number of sulfonamides is 1.